The maximum Gasteiger partial charge on any atom is 0.269 e. The Kier molecular flexibility index (Phi) is 3.50. The molecule has 1 heterocycles. The Morgan fingerprint density at radius 2 is 1.95 bits per heavy atom. The van der Waals surface area contributed by atoms with Gasteiger partial charge in [0.05, 0.1) is 4.92 Å². The molecule has 0 spiro atoms. The summed E-state index contributed by atoms with van der Waals surface area (Å²) in [7, 11) is 0. The Balaban J connectivity index is 1.79. The van der Waals surface area contributed by atoms with Gasteiger partial charge in [-0.1, -0.05) is 12.1 Å². The monoisotopic (exact) mass is 297 g/mol. The molecule has 0 bridgehead atoms. The minimum atomic E-state index is -0.439. The topological polar surface area (TPSA) is 89.5 Å². The number of nitrogens with zero attached hydrogens (tertiary/aromatic N) is 2. The van der Waals surface area contributed by atoms with E-state index in [1.165, 1.54) is 6.07 Å². The van der Waals surface area contributed by atoms with Crippen LogP contribution in [0.4, 0.5) is 11.4 Å². The molecule has 6 heteroatoms. The van der Waals surface area contributed by atoms with Crippen molar-refractivity contribution in [2.24, 2.45) is 5.73 Å². The minimum Gasteiger partial charge on any atom is -0.367 e. The van der Waals surface area contributed by atoms with Gasteiger partial charge < -0.3 is 10.6 Å². The van der Waals surface area contributed by atoms with Crippen molar-refractivity contribution in [3.63, 3.8) is 0 Å². The van der Waals surface area contributed by atoms with Crippen LogP contribution < -0.4 is 10.6 Å². The van der Waals surface area contributed by atoms with Crippen molar-refractivity contribution in [1.29, 1.82) is 0 Å². The number of carbonyl (C=O) groups excluding carboxylic acids is 1. The molecule has 3 rings (SSSR count). The summed E-state index contributed by atoms with van der Waals surface area (Å²) < 4.78 is 0. The lowest BCUT2D eigenvalue weighted by Gasteiger charge is -2.19. The molecule has 1 amide bonds. The quantitative estimate of drug-likeness (QED) is 0.692. The number of nitro benzene ring substituents is 1. The third-order valence-corrected chi connectivity index (χ3v) is 3.88. The van der Waals surface area contributed by atoms with Crippen molar-refractivity contribution in [2.45, 2.75) is 13.0 Å². The number of rotatable bonds is 4. The van der Waals surface area contributed by atoms with Gasteiger partial charge in [-0.3, -0.25) is 14.9 Å². The van der Waals surface area contributed by atoms with Gasteiger partial charge in [0.1, 0.15) is 0 Å². The highest BCUT2D eigenvalue weighted by Crippen LogP contribution is 2.32. The molecule has 0 saturated heterocycles. The van der Waals surface area contributed by atoms with Crippen LogP contribution in [-0.2, 0) is 13.0 Å². The minimum absolute atomic E-state index is 0.131. The van der Waals surface area contributed by atoms with Crippen molar-refractivity contribution in [1.82, 2.24) is 0 Å². The predicted molar refractivity (Wildman–Crippen MR) is 82.8 cm³/mol. The molecule has 22 heavy (non-hydrogen) atoms. The molecule has 0 fully saturated rings. The summed E-state index contributed by atoms with van der Waals surface area (Å²) >= 11 is 0. The molecule has 0 atom stereocenters. The average Bonchev–Trinajstić information content (AvgIpc) is 2.90. The second-order valence-electron chi connectivity index (χ2n) is 5.30. The first-order chi connectivity index (χ1) is 10.5. The van der Waals surface area contributed by atoms with E-state index in [0.717, 1.165) is 29.8 Å². The Bertz CT molecular complexity index is 741. The predicted octanol–water partition coefficient (Wildman–Crippen LogP) is 2.26. The van der Waals surface area contributed by atoms with E-state index >= 15 is 0 Å². The Morgan fingerprint density at radius 1 is 1.23 bits per heavy atom. The number of hydrogen-bond donors (Lipinski definition) is 1. The first-order valence-electron chi connectivity index (χ1n) is 6.95. The maximum atomic E-state index is 11.1. The van der Waals surface area contributed by atoms with E-state index in [1.54, 1.807) is 24.3 Å². The summed E-state index contributed by atoms with van der Waals surface area (Å²) in [6, 6.07) is 12.2. The summed E-state index contributed by atoms with van der Waals surface area (Å²) in [5, 5.41) is 10.8. The molecular formula is C16H15N3O3. The van der Waals surface area contributed by atoms with Gasteiger partial charge in [0.15, 0.2) is 0 Å². The van der Waals surface area contributed by atoms with Crippen LogP contribution in [0.3, 0.4) is 0 Å². The fourth-order valence-corrected chi connectivity index (χ4v) is 2.73. The third kappa shape index (κ3) is 2.63. The van der Waals surface area contributed by atoms with Crippen LogP contribution in [0.15, 0.2) is 42.5 Å². The van der Waals surface area contributed by atoms with E-state index in [1.807, 2.05) is 12.1 Å². The van der Waals surface area contributed by atoms with Gasteiger partial charge in [-0.15, -0.1) is 0 Å². The van der Waals surface area contributed by atoms with Gasteiger partial charge in [-0.05, 0) is 35.7 Å². The number of nitrogens with two attached hydrogens (primary N) is 1. The number of carbonyl (C=O) groups is 1. The Labute approximate surface area is 127 Å². The summed E-state index contributed by atoms with van der Waals surface area (Å²) in [5.41, 5.74) is 8.94. The zero-order valence-corrected chi connectivity index (χ0v) is 11.9. The summed E-state index contributed by atoms with van der Waals surface area (Å²) in [6.45, 7) is 1.53. The number of benzene rings is 2. The van der Waals surface area contributed by atoms with Crippen LogP contribution in [-0.4, -0.2) is 17.4 Å². The summed E-state index contributed by atoms with van der Waals surface area (Å²) in [6.07, 6.45) is 0.802. The lowest BCUT2D eigenvalue weighted by molar-refractivity contribution is -0.384. The Morgan fingerprint density at radius 3 is 2.59 bits per heavy atom. The molecule has 2 aromatic rings. The van der Waals surface area contributed by atoms with Crippen LogP contribution in [0, 0.1) is 10.1 Å². The largest absolute Gasteiger partial charge is 0.367 e. The first kappa shape index (κ1) is 14.1. The van der Waals surface area contributed by atoms with Gasteiger partial charge >= 0.3 is 0 Å². The molecule has 112 valence electrons. The lowest BCUT2D eigenvalue weighted by atomic mass is 10.1. The molecule has 0 aliphatic carbocycles. The molecular weight excluding hydrogens is 282 g/mol. The van der Waals surface area contributed by atoms with Gasteiger partial charge in [0, 0.05) is 36.5 Å². The van der Waals surface area contributed by atoms with Crippen LogP contribution in [0.2, 0.25) is 0 Å². The van der Waals surface area contributed by atoms with Crippen LogP contribution in [0.1, 0.15) is 21.5 Å². The highest BCUT2D eigenvalue weighted by Gasteiger charge is 2.21. The smallest absolute Gasteiger partial charge is 0.269 e. The highest BCUT2D eigenvalue weighted by molar-refractivity contribution is 5.92. The van der Waals surface area contributed by atoms with E-state index in [2.05, 4.69) is 4.90 Å². The van der Waals surface area contributed by atoms with Crippen molar-refractivity contribution < 1.29 is 9.72 Å². The highest BCUT2D eigenvalue weighted by atomic mass is 16.6. The first-order valence-corrected chi connectivity index (χ1v) is 6.95. The molecule has 2 aromatic carbocycles. The zero-order valence-electron chi connectivity index (χ0n) is 11.9. The number of amides is 1. The molecule has 6 nitrogen and oxygen atoms in total. The zero-order chi connectivity index (χ0) is 15.7. The second-order valence-corrected chi connectivity index (χ2v) is 5.30. The van der Waals surface area contributed by atoms with E-state index in [0.29, 0.717) is 12.1 Å². The van der Waals surface area contributed by atoms with Crippen molar-refractivity contribution in [3.8, 4) is 0 Å². The number of nitro groups is 1. The molecule has 0 unspecified atom stereocenters. The number of fused-ring (bicyclic) bond motifs is 1. The molecule has 0 aromatic heterocycles. The Hall–Kier alpha value is -2.89. The standard InChI is InChI=1S/C16H15N3O3/c17-16(20)12-3-1-11(2-4-12)10-18-8-7-13-9-14(19(21)22)5-6-15(13)18/h1-6,9H,7-8,10H2,(H2,17,20). The van der Waals surface area contributed by atoms with E-state index in [9.17, 15) is 14.9 Å². The summed E-state index contributed by atoms with van der Waals surface area (Å²) in [5.74, 6) is -0.439. The SMILES string of the molecule is NC(=O)c1ccc(CN2CCc3cc([N+](=O)[O-])ccc32)cc1. The molecule has 0 radical (unpaired) electrons. The van der Waals surface area contributed by atoms with E-state index < -0.39 is 5.91 Å². The van der Waals surface area contributed by atoms with Gasteiger partial charge in [-0.2, -0.15) is 0 Å². The fourth-order valence-electron chi connectivity index (χ4n) is 2.73. The normalized spacial score (nSPS) is 13.0. The van der Waals surface area contributed by atoms with Gasteiger partial charge in [0.2, 0.25) is 5.91 Å². The molecule has 1 aliphatic rings. The molecule has 0 saturated carbocycles. The van der Waals surface area contributed by atoms with E-state index in [4.69, 9.17) is 5.73 Å². The van der Waals surface area contributed by atoms with E-state index in [-0.39, 0.29) is 10.6 Å². The number of anilines is 1. The lowest BCUT2D eigenvalue weighted by Crippen LogP contribution is -2.19. The maximum absolute atomic E-state index is 11.1. The van der Waals surface area contributed by atoms with Crippen LogP contribution in [0.5, 0.6) is 0 Å². The van der Waals surface area contributed by atoms with Gasteiger partial charge in [-0.25, -0.2) is 0 Å². The fraction of sp³-hybridized carbons (Fsp3) is 0.188. The van der Waals surface area contributed by atoms with Gasteiger partial charge in [0.25, 0.3) is 5.69 Å². The average molecular weight is 297 g/mol. The number of non-ortho nitro benzene ring substituents is 1. The van der Waals surface area contributed by atoms with Crippen LogP contribution in [0.25, 0.3) is 0 Å². The van der Waals surface area contributed by atoms with Crippen LogP contribution >= 0.6 is 0 Å². The second kappa shape index (κ2) is 5.48. The third-order valence-electron chi connectivity index (χ3n) is 3.88. The molecule has 1 aliphatic heterocycles. The number of primary amides is 1. The van der Waals surface area contributed by atoms with Crippen molar-refractivity contribution in [3.05, 3.63) is 69.3 Å². The summed E-state index contributed by atoms with van der Waals surface area (Å²) in [4.78, 5) is 23.7. The number of hydrogen-bond acceptors (Lipinski definition) is 4. The van der Waals surface area contributed by atoms with Crippen molar-refractivity contribution >= 4 is 17.3 Å². The van der Waals surface area contributed by atoms with Crippen molar-refractivity contribution in [2.75, 3.05) is 11.4 Å². The molecule has 2 N–H and O–H groups in total.